The summed E-state index contributed by atoms with van der Waals surface area (Å²) < 4.78 is 6.36. The van der Waals surface area contributed by atoms with Gasteiger partial charge in [-0.2, -0.15) is 4.98 Å². The molecule has 4 nitrogen and oxygen atoms in total. The molecule has 2 heterocycles. The summed E-state index contributed by atoms with van der Waals surface area (Å²) in [7, 11) is 0. The van der Waals surface area contributed by atoms with Crippen molar-refractivity contribution in [2.75, 3.05) is 0 Å². The SMILES string of the molecule is NC1(c2noc(-c3sc4cc(Cl)ccc4c3Cl)n2)CCC1. The molecule has 21 heavy (non-hydrogen) atoms. The zero-order valence-corrected chi connectivity index (χ0v) is 13.2. The van der Waals surface area contributed by atoms with Gasteiger partial charge >= 0.3 is 0 Å². The molecule has 1 saturated carbocycles. The van der Waals surface area contributed by atoms with Gasteiger partial charge in [-0.15, -0.1) is 11.3 Å². The fourth-order valence-corrected chi connectivity index (χ4v) is 4.19. The Hall–Kier alpha value is -1.14. The molecular weight excluding hydrogens is 329 g/mol. The number of aromatic nitrogens is 2. The highest BCUT2D eigenvalue weighted by Crippen LogP contribution is 2.43. The first-order valence-corrected chi connectivity index (χ1v) is 8.15. The van der Waals surface area contributed by atoms with Crippen molar-refractivity contribution in [3.63, 3.8) is 0 Å². The van der Waals surface area contributed by atoms with E-state index < -0.39 is 5.54 Å². The summed E-state index contributed by atoms with van der Waals surface area (Å²) in [5.41, 5.74) is 5.78. The molecule has 3 aromatic rings. The quantitative estimate of drug-likeness (QED) is 0.741. The van der Waals surface area contributed by atoms with Crippen LogP contribution >= 0.6 is 34.5 Å². The van der Waals surface area contributed by atoms with E-state index in [1.807, 2.05) is 18.2 Å². The van der Waals surface area contributed by atoms with E-state index in [1.54, 1.807) is 0 Å². The minimum absolute atomic E-state index is 0.420. The Morgan fingerprint density at radius 2 is 2.10 bits per heavy atom. The van der Waals surface area contributed by atoms with E-state index >= 15 is 0 Å². The predicted molar refractivity (Wildman–Crippen MR) is 84.9 cm³/mol. The zero-order valence-electron chi connectivity index (χ0n) is 10.9. The maximum Gasteiger partial charge on any atom is 0.269 e. The van der Waals surface area contributed by atoms with Gasteiger partial charge in [-0.3, -0.25) is 0 Å². The Morgan fingerprint density at radius 1 is 1.29 bits per heavy atom. The largest absolute Gasteiger partial charge is 0.333 e. The fraction of sp³-hybridized carbons (Fsp3) is 0.286. The van der Waals surface area contributed by atoms with Crippen LogP contribution in [-0.2, 0) is 5.54 Å². The third-order valence-corrected chi connectivity index (χ3v) is 5.78. The van der Waals surface area contributed by atoms with Gasteiger partial charge in [-0.1, -0.05) is 34.4 Å². The van der Waals surface area contributed by atoms with Crippen LogP contribution in [0.5, 0.6) is 0 Å². The molecule has 0 spiro atoms. The summed E-state index contributed by atoms with van der Waals surface area (Å²) >= 11 is 13.9. The highest BCUT2D eigenvalue weighted by atomic mass is 35.5. The fourth-order valence-electron chi connectivity index (χ4n) is 2.48. The molecule has 0 atom stereocenters. The van der Waals surface area contributed by atoms with E-state index in [1.165, 1.54) is 11.3 Å². The molecule has 2 aromatic heterocycles. The van der Waals surface area contributed by atoms with Crippen molar-refractivity contribution in [3.8, 4) is 10.8 Å². The molecule has 4 rings (SSSR count). The van der Waals surface area contributed by atoms with Crippen LogP contribution in [0.25, 0.3) is 20.9 Å². The summed E-state index contributed by atoms with van der Waals surface area (Å²) in [5, 5.41) is 6.25. The topological polar surface area (TPSA) is 64.9 Å². The minimum atomic E-state index is -0.436. The van der Waals surface area contributed by atoms with E-state index in [0.717, 1.165) is 34.2 Å². The van der Waals surface area contributed by atoms with Crippen molar-refractivity contribution in [3.05, 3.63) is 34.1 Å². The molecular formula is C14H11Cl2N3OS. The van der Waals surface area contributed by atoms with Crippen molar-refractivity contribution >= 4 is 44.6 Å². The Bertz CT molecular complexity index is 838. The third kappa shape index (κ3) is 2.07. The molecule has 108 valence electrons. The van der Waals surface area contributed by atoms with Gasteiger partial charge in [-0.25, -0.2) is 0 Å². The molecule has 1 fully saturated rings. The van der Waals surface area contributed by atoms with Gasteiger partial charge in [-0.05, 0) is 31.4 Å². The van der Waals surface area contributed by atoms with E-state index in [9.17, 15) is 0 Å². The molecule has 1 aliphatic rings. The molecule has 0 bridgehead atoms. The van der Waals surface area contributed by atoms with Crippen molar-refractivity contribution in [2.24, 2.45) is 5.73 Å². The van der Waals surface area contributed by atoms with Crippen LogP contribution in [0.1, 0.15) is 25.1 Å². The first-order chi connectivity index (χ1) is 10.1. The zero-order chi connectivity index (χ0) is 14.6. The van der Waals surface area contributed by atoms with Crippen LogP contribution in [0.15, 0.2) is 22.7 Å². The molecule has 0 radical (unpaired) electrons. The number of fused-ring (bicyclic) bond motifs is 1. The third-order valence-electron chi connectivity index (χ3n) is 3.90. The maximum atomic E-state index is 6.42. The normalized spacial score (nSPS) is 17.1. The summed E-state index contributed by atoms with van der Waals surface area (Å²) in [6.45, 7) is 0. The van der Waals surface area contributed by atoms with Crippen LogP contribution in [0.3, 0.4) is 0 Å². The number of thiophene rings is 1. The van der Waals surface area contributed by atoms with Crippen LogP contribution < -0.4 is 5.73 Å². The van der Waals surface area contributed by atoms with E-state index in [0.29, 0.717) is 21.8 Å². The number of rotatable bonds is 2. The van der Waals surface area contributed by atoms with E-state index in [-0.39, 0.29) is 0 Å². The monoisotopic (exact) mass is 339 g/mol. The highest BCUT2D eigenvalue weighted by molar-refractivity contribution is 7.23. The smallest absolute Gasteiger partial charge is 0.269 e. The van der Waals surface area contributed by atoms with Gasteiger partial charge in [0.2, 0.25) is 0 Å². The summed E-state index contributed by atoms with van der Waals surface area (Å²) in [6.07, 6.45) is 2.88. The molecule has 1 aliphatic carbocycles. The summed E-state index contributed by atoms with van der Waals surface area (Å²) in [5.74, 6) is 0.986. The number of halogens is 2. The Kier molecular flexibility index (Phi) is 3.01. The average Bonchev–Trinajstić information content (AvgIpc) is 3.01. The lowest BCUT2D eigenvalue weighted by Crippen LogP contribution is -2.44. The number of hydrogen-bond donors (Lipinski definition) is 1. The standard InChI is InChI=1S/C14H11Cl2N3OS/c15-7-2-3-8-9(6-7)21-11(10(8)16)12-18-13(19-20-12)14(17)4-1-5-14/h2-3,6H,1,4-5,17H2. The van der Waals surface area contributed by atoms with Gasteiger partial charge in [0.15, 0.2) is 5.82 Å². The molecule has 0 saturated heterocycles. The second kappa shape index (κ2) is 4.68. The molecule has 0 aliphatic heterocycles. The van der Waals surface area contributed by atoms with Crippen LogP contribution in [0.4, 0.5) is 0 Å². The molecule has 2 N–H and O–H groups in total. The number of nitrogens with two attached hydrogens (primary N) is 1. The first kappa shape index (κ1) is 13.5. The number of benzene rings is 1. The lowest BCUT2D eigenvalue weighted by Gasteiger charge is -2.34. The predicted octanol–water partition coefficient (Wildman–Crippen LogP) is 4.60. The van der Waals surface area contributed by atoms with Crippen LogP contribution in [-0.4, -0.2) is 10.1 Å². The molecule has 0 unspecified atom stereocenters. The Labute approximate surface area is 134 Å². The van der Waals surface area contributed by atoms with Gasteiger partial charge in [0.25, 0.3) is 5.89 Å². The van der Waals surface area contributed by atoms with Crippen molar-refractivity contribution in [1.29, 1.82) is 0 Å². The van der Waals surface area contributed by atoms with Crippen LogP contribution in [0.2, 0.25) is 10.0 Å². The number of nitrogens with zero attached hydrogens (tertiary/aromatic N) is 2. The lowest BCUT2D eigenvalue weighted by molar-refractivity contribution is 0.229. The lowest BCUT2D eigenvalue weighted by atomic mass is 9.77. The maximum absolute atomic E-state index is 6.42. The average molecular weight is 340 g/mol. The van der Waals surface area contributed by atoms with Gasteiger partial charge in [0.05, 0.1) is 10.6 Å². The van der Waals surface area contributed by atoms with Gasteiger partial charge < -0.3 is 10.3 Å². The molecule has 7 heteroatoms. The molecule has 0 amide bonds. The second-order valence-corrected chi connectivity index (χ2v) is 7.19. The molecule has 1 aromatic carbocycles. The van der Waals surface area contributed by atoms with Crippen molar-refractivity contribution in [2.45, 2.75) is 24.8 Å². The first-order valence-electron chi connectivity index (χ1n) is 6.58. The van der Waals surface area contributed by atoms with E-state index in [2.05, 4.69) is 10.1 Å². The highest BCUT2D eigenvalue weighted by Gasteiger charge is 2.39. The van der Waals surface area contributed by atoms with Gasteiger partial charge in [0.1, 0.15) is 4.88 Å². The van der Waals surface area contributed by atoms with E-state index in [4.69, 9.17) is 33.5 Å². The Balaban J connectivity index is 1.81. The van der Waals surface area contributed by atoms with Crippen LogP contribution in [0, 0.1) is 0 Å². The van der Waals surface area contributed by atoms with Gasteiger partial charge in [0, 0.05) is 15.1 Å². The van der Waals surface area contributed by atoms with Crippen molar-refractivity contribution in [1.82, 2.24) is 10.1 Å². The summed E-state index contributed by atoms with van der Waals surface area (Å²) in [6, 6.07) is 5.59. The second-order valence-electron chi connectivity index (χ2n) is 5.32. The van der Waals surface area contributed by atoms with Crippen molar-refractivity contribution < 1.29 is 4.52 Å². The Morgan fingerprint density at radius 3 is 2.81 bits per heavy atom. The minimum Gasteiger partial charge on any atom is -0.333 e. The summed E-state index contributed by atoms with van der Waals surface area (Å²) in [4.78, 5) is 5.20. The number of hydrogen-bond acceptors (Lipinski definition) is 5.